The fourth-order valence-electron chi connectivity index (χ4n) is 7.53. The Balaban J connectivity index is 1.88. The predicted octanol–water partition coefficient (Wildman–Crippen LogP) is 2.33. The molecule has 3 aliphatic rings. The normalized spacial score (nSPS) is 22.8. The maximum Gasteiger partial charge on any atom is 0.315 e. The topological polar surface area (TPSA) is 174 Å². The molecule has 0 aromatic rings. The number of likely N-dealkylation sites (tertiary alicyclic amines) is 1. The Morgan fingerprint density at radius 2 is 1.70 bits per heavy atom. The quantitative estimate of drug-likeness (QED) is 0.108. The van der Waals surface area contributed by atoms with Crippen molar-refractivity contribution in [1.82, 2.24) is 30.5 Å². The van der Waals surface area contributed by atoms with Gasteiger partial charge in [-0.2, -0.15) is 0 Å². The Morgan fingerprint density at radius 3 is 2.30 bits per heavy atom. The second kappa shape index (κ2) is 18.2. The number of likely N-dealkylation sites (N-methyl/N-ethyl adjacent to an activating group) is 1. The SMILES string of the molecule is C#CCCC(NC(=O)[C@@H]1[C@H]2CCC[C@H]2CN1C(=O)[C@@H](NC(=O)N[C@H](CN(C)S(=O)(=O)CC)C(C)(C)C)C1CCCCC1)C(=O)C(=O)NCC=C. The number of hydrogen-bond donors (Lipinski definition) is 4. The van der Waals surface area contributed by atoms with Gasteiger partial charge in [0.2, 0.25) is 27.6 Å². The summed E-state index contributed by atoms with van der Waals surface area (Å²) in [4.78, 5) is 69.6. The molecule has 0 aromatic heterocycles. The molecule has 2 saturated carbocycles. The van der Waals surface area contributed by atoms with Gasteiger partial charge in [-0.15, -0.1) is 18.9 Å². The fraction of sp³-hybridized carbons (Fsp3) is 0.750. The summed E-state index contributed by atoms with van der Waals surface area (Å²) >= 11 is 0. The number of Topliss-reactive ketones (excluding diaryl/α,β-unsaturated/α-hetero) is 1. The first-order chi connectivity index (χ1) is 23.5. The molecule has 50 heavy (non-hydrogen) atoms. The molecule has 14 heteroatoms. The van der Waals surface area contributed by atoms with E-state index < -0.39 is 63.2 Å². The van der Waals surface area contributed by atoms with Gasteiger partial charge in [0.1, 0.15) is 12.1 Å². The largest absolute Gasteiger partial charge is 0.346 e. The maximum atomic E-state index is 14.6. The number of fused-ring (bicyclic) bond motifs is 1. The minimum absolute atomic E-state index is 0.0536. The van der Waals surface area contributed by atoms with Crippen molar-refractivity contribution in [2.75, 3.05) is 32.4 Å². The molecule has 1 saturated heterocycles. The third kappa shape index (κ3) is 10.5. The Labute approximate surface area is 298 Å². The smallest absolute Gasteiger partial charge is 0.315 e. The molecular formula is C36H58N6O7S. The highest BCUT2D eigenvalue weighted by atomic mass is 32.2. The number of urea groups is 1. The molecular weight excluding hydrogens is 660 g/mol. The highest BCUT2D eigenvalue weighted by Crippen LogP contribution is 2.43. The monoisotopic (exact) mass is 718 g/mol. The standard InChI is InChI=1S/C36H58N6O7S/c1-8-11-20-27(31(43)33(45)37-21-9-2)38-32(44)30-26-19-15-18-25(26)22-42(30)34(46)29(24-16-13-12-14-17-24)40-35(47)39-28(36(4,5)6)23-41(7)50(48,49)10-3/h1,9,24-30H,2,10-23H2,3-7H3,(H,37,45)(H,38,44)(H2,39,40,47)/t25-,26-,27?,28+,29-,30-/m0/s1. The number of nitrogens with zero attached hydrogens (tertiary/aromatic N) is 2. The van der Waals surface area contributed by atoms with Crippen molar-refractivity contribution >= 4 is 39.6 Å². The summed E-state index contributed by atoms with van der Waals surface area (Å²) in [5, 5.41) is 11.1. The molecule has 6 atom stereocenters. The third-order valence-corrected chi connectivity index (χ3v) is 12.4. The van der Waals surface area contributed by atoms with Crippen LogP contribution in [0.3, 0.4) is 0 Å². The number of hydrogen-bond acceptors (Lipinski definition) is 7. The molecule has 2 aliphatic carbocycles. The predicted molar refractivity (Wildman–Crippen MR) is 192 cm³/mol. The van der Waals surface area contributed by atoms with Gasteiger partial charge in [-0.05, 0) is 62.2 Å². The second-order valence-electron chi connectivity index (χ2n) is 15.1. The van der Waals surface area contributed by atoms with Crippen LogP contribution in [0.15, 0.2) is 12.7 Å². The van der Waals surface area contributed by atoms with Crippen molar-refractivity contribution in [2.24, 2.45) is 23.2 Å². The van der Waals surface area contributed by atoms with Crippen molar-refractivity contribution in [3.8, 4) is 12.3 Å². The average molecular weight is 719 g/mol. The number of sulfonamides is 1. The van der Waals surface area contributed by atoms with Crippen LogP contribution in [0, 0.1) is 35.5 Å². The second-order valence-corrected chi connectivity index (χ2v) is 17.4. The van der Waals surface area contributed by atoms with Gasteiger partial charge < -0.3 is 26.2 Å². The lowest BCUT2D eigenvalue weighted by molar-refractivity contribution is -0.144. The van der Waals surface area contributed by atoms with E-state index in [1.807, 2.05) is 20.8 Å². The van der Waals surface area contributed by atoms with Crippen LogP contribution in [0.5, 0.6) is 0 Å². The van der Waals surface area contributed by atoms with Gasteiger partial charge >= 0.3 is 6.03 Å². The van der Waals surface area contributed by atoms with E-state index in [1.165, 1.54) is 17.4 Å². The third-order valence-electron chi connectivity index (χ3n) is 10.6. The number of terminal acetylenes is 1. The van der Waals surface area contributed by atoms with E-state index in [-0.39, 0.29) is 55.3 Å². The summed E-state index contributed by atoms with van der Waals surface area (Å²) in [6.45, 7) is 11.3. The van der Waals surface area contributed by atoms with Gasteiger partial charge in [0, 0.05) is 39.1 Å². The van der Waals surface area contributed by atoms with Crippen LogP contribution in [0.1, 0.15) is 91.9 Å². The van der Waals surface area contributed by atoms with Crippen LogP contribution >= 0.6 is 0 Å². The summed E-state index contributed by atoms with van der Waals surface area (Å²) in [5.41, 5.74) is -0.509. The summed E-state index contributed by atoms with van der Waals surface area (Å²) < 4.78 is 26.3. The van der Waals surface area contributed by atoms with Gasteiger partial charge in [-0.25, -0.2) is 17.5 Å². The van der Waals surface area contributed by atoms with Gasteiger partial charge in [-0.1, -0.05) is 52.5 Å². The Kier molecular flexibility index (Phi) is 14.9. The van der Waals surface area contributed by atoms with E-state index in [0.29, 0.717) is 6.54 Å². The maximum absolute atomic E-state index is 14.6. The lowest BCUT2D eigenvalue weighted by Gasteiger charge is -2.37. The molecule has 0 bridgehead atoms. The van der Waals surface area contributed by atoms with E-state index in [0.717, 1.165) is 51.4 Å². The molecule has 1 unspecified atom stereocenters. The first-order valence-electron chi connectivity index (χ1n) is 18.0. The van der Waals surface area contributed by atoms with Crippen molar-refractivity contribution in [2.45, 2.75) is 116 Å². The molecule has 0 radical (unpaired) electrons. The molecule has 13 nitrogen and oxygen atoms in total. The average Bonchev–Trinajstić information content (AvgIpc) is 3.68. The zero-order valence-electron chi connectivity index (χ0n) is 30.5. The summed E-state index contributed by atoms with van der Waals surface area (Å²) in [6, 6.07) is -4.10. The van der Waals surface area contributed by atoms with Crippen LogP contribution < -0.4 is 21.3 Å². The fourth-order valence-corrected chi connectivity index (χ4v) is 8.34. The Hall–Kier alpha value is -3.44. The molecule has 280 valence electrons. The summed E-state index contributed by atoms with van der Waals surface area (Å²) in [5.74, 6) is -0.342. The lowest BCUT2D eigenvalue weighted by Crippen LogP contribution is -2.61. The van der Waals surface area contributed by atoms with E-state index >= 15 is 0 Å². The van der Waals surface area contributed by atoms with Gasteiger partial charge in [-0.3, -0.25) is 19.2 Å². The molecule has 0 aromatic carbocycles. The zero-order chi connectivity index (χ0) is 37.2. The molecule has 0 spiro atoms. The van der Waals surface area contributed by atoms with E-state index in [4.69, 9.17) is 6.42 Å². The van der Waals surface area contributed by atoms with Gasteiger partial charge in [0.25, 0.3) is 5.91 Å². The van der Waals surface area contributed by atoms with Crippen LogP contribution in [0.25, 0.3) is 0 Å². The molecule has 5 amide bonds. The number of ketones is 1. The van der Waals surface area contributed by atoms with Gasteiger partial charge in [0.15, 0.2) is 0 Å². The van der Waals surface area contributed by atoms with Crippen LogP contribution in [-0.4, -0.2) is 104 Å². The Bertz CT molecular complexity index is 1400. The highest BCUT2D eigenvalue weighted by molar-refractivity contribution is 7.89. The minimum atomic E-state index is -3.50. The lowest BCUT2D eigenvalue weighted by atomic mass is 9.83. The zero-order valence-corrected chi connectivity index (χ0v) is 31.3. The van der Waals surface area contributed by atoms with Crippen LogP contribution in [0.2, 0.25) is 0 Å². The van der Waals surface area contributed by atoms with E-state index in [1.54, 1.807) is 11.8 Å². The number of rotatable bonds is 16. The number of carbonyl (C=O) groups is 5. The van der Waals surface area contributed by atoms with Crippen molar-refractivity contribution < 1.29 is 32.4 Å². The molecule has 4 N–H and O–H groups in total. The Morgan fingerprint density at radius 1 is 1.02 bits per heavy atom. The minimum Gasteiger partial charge on any atom is -0.346 e. The summed E-state index contributed by atoms with van der Waals surface area (Å²) in [6.07, 6.45) is 13.9. The number of nitrogens with one attached hydrogen (secondary N) is 4. The van der Waals surface area contributed by atoms with Crippen LogP contribution in [0.4, 0.5) is 4.79 Å². The van der Waals surface area contributed by atoms with E-state index in [2.05, 4.69) is 33.8 Å². The van der Waals surface area contributed by atoms with Crippen molar-refractivity contribution in [3.05, 3.63) is 12.7 Å². The van der Waals surface area contributed by atoms with Crippen LogP contribution in [-0.2, 0) is 29.2 Å². The van der Waals surface area contributed by atoms with E-state index in [9.17, 15) is 32.4 Å². The molecule has 1 aliphatic heterocycles. The molecule has 1 heterocycles. The summed E-state index contributed by atoms with van der Waals surface area (Å²) in [7, 11) is -2.01. The molecule has 3 rings (SSSR count). The number of amides is 5. The number of carbonyl (C=O) groups excluding carboxylic acids is 5. The van der Waals surface area contributed by atoms with Crippen molar-refractivity contribution in [3.63, 3.8) is 0 Å². The molecule has 3 fully saturated rings. The highest BCUT2D eigenvalue weighted by Gasteiger charge is 2.52. The van der Waals surface area contributed by atoms with Crippen molar-refractivity contribution in [1.29, 1.82) is 0 Å². The first kappa shape index (κ1) is 41.0. The van der Waals surface area contributed by atoms with Gasteiger partial charge in [0.05, 0.1) is 11.8 Å². The first-order valence-corrected chi connectivity index (χ1v) is 19.6.